The predicted molar refractivity (Wildman–Crippen MR) is 143 cm³/mol. The largest absolute Gasteiger partial charge is 0.480 e. The maximum absolute atomic E-state index is 12.9. The van der Waals surface area contributed by atoms with Crippen molar-refractivity contribution in [2.75, 3.05) is 0 Å². The van der Waals surface area contributed by atoms with Crippen molar-refractivity contribution >= 4 is 23.8 Å². The number of carbonyl (C=O) groups excluding carboxylic acids is 3. The summed E-state index contributed by atoms with van der Waals surface area (Å²) in [7, 11) is 0. The predicted octanol–water partition coefficient (Wildman–Crippen LogP) is 1.54. The van der Waals surface area contributed by atoms with Crippen molar-refractivity contribution < 1.29 is 29.0 Å². The summed E-state index contributed by atoms with van der Waals surface area (Å²) in [5.41, 5.74) is 12.2. The molecule has 206 valence electrons. The first-order chi connectivity index (χ1) is 17.8. The number of carboxylic acids is 1. The SMILES string of the molecule is CC(C)C[C@H](NC(=O)[C@@H](N)Cc1ccccc1)C(=O)Oc1ccc(C[C@H](N)C(=O)NC(C)(C)C(=O)O)cc1. The van der Waals surface area contributed by atoms with Gasteiger partial charge < -0.3 is 31.9 Å². The number of carboxylic acid groups (broad SMARTS) is 1. The number of aliphatic carboxylic acids is 1. The lowest BCUT2D eigenvalue weighted by atomic mass is 10.0. The Labute approximate surface area is 223 Å². The minimum absolute atomic E-state index is 0.110. The third-order valence-corrected chi connectivity index (χ3v) is 5.85. The number of carbonyl (C=O) groups is 4. The number of esters is 1. The zero-order valence-corrected chi connectivity index (χ0v) is 22.3. The molecule has 38 heavy (non-hydrogen) atoms. The van der Waals surface area contributed by atoms with Gasteiger partial charge in [0.25, 0.3) is 0 Å². The van der Waals surface area contributed by atoms with Crippen LogP contribution in [0.15, 0.2) is 54.6 Å². The number of nitrogens with one attached hydrogen (secondary N) is 2. The second kappa shape index (κ2) is 13.7. The molecule has 0 aliphatic heterocycles. The first kappa shape index (κ1) is 30.5. The minimum atomic E-state index is -1.44. The Morgan fingerprint density at radius 1 is 0.868 bits per heavy atom. The van der Waals surface area contributed by atoms with Crippen LogP contribution in [0.5, 0.6) is 5.75 Å². The fourth-order valence-electron chi connectivity index (χ4n) is 3.61. The van der Waals surface area contributed by atoms with Gasteiger partial charge in [-0.1, -0.05) is 56.3 Å². The second-order valence-corrected chi connectivity index (χ2v) is 10.3. The average Bonchev–Trinajstić information content (AvgIpc) is 2.84. The van der Waals surface area contributed by atoms with E-state index < -0.39 is 47.4 Å². The molecule has 0 aliphatic rings. The molecular formula is C28H38N4O6. The van der Waals surface area contributed by atoms with Gasteiger partial charge in [-0.05, 0) is 62.3 Å². The van der Waals surface area contributed by atoms with Gasteiger partial charge in [-0.3, -0.25) is 9.59 Å². The summed E-state index contributed by atoms with van der Waals surface area (Å²) in [5.74, 6) is -2.44. The Balaban J connectivity index is 1.98. The number of benzene rings is 2. The number of hydrogen-bond acceptors (Lipinski definition) is 7. The molecule has 0 radical (unpaired) electrons. The first-order valence-corrected chi connectivity index (χ1v) is 12.5. The van der Waals surface area contributed by atoms with Crippen LogP contribution in [0.3, 0.4) is 0 Å². The lowest BCUT2D eigenvalue weighted by molar-refractivity contribution is -0.146. The molecular weight excluding hydrogens is 488 g/mol. The van der Waals surface area contributed by atoms with Crippen LogP contribution in [0.1, 0.15) is 45.2 Å². The fourth-order valence-corrected chi connectivity index (χ4v) is 3.61. The molecule has 2 aromatic rings. The molecule has 2 aromatic carbocycles. The van der Waals surface area contributed by atoms with Gasteiger partial charge in [0.15, 0.2) is 0 Å². The van der Waals surface area contributed by atoms with E-state index in [-0.39, 0.29) is 18.1 Å². The van der Waals surface area contributed by atoms with Crippen LogP contribution in [0.4, 0.5) is 0 Å². The second-order valence-electron chi connectivity index (χ2n) is 10.3. The molecule has 0 aromatic heterocycles. The Hall–Kier alpha value is -3.76. The molecule has 2 rings (SSSR count). The van der Waals surface area contributed by atoms with Gasteiger partial charge in [0, 0.05) is 0 Å². The van der Waals surface area contributed by atoms with Crippen molar-refractivity contribution in [3.8, 4) is 5.75 Å². The molecule has 3 atom stereocenters. The zero-order chi connectivity index (χ0) is 28.5. The van der Waals surface area contributed by atoms with Crippen LogP contribution in [0.2, 0.25) is 0 Å². The standard InChI is InChI=1S/C28H38N4O6/c1-17(2)14-23(31-24(33)21(29)15-18-8-6-5-7-9-18)26(35)38-20-12-10-19(11-13-20)16-22(30)25(34)32-28(3,4)27(36)37/h5-13,17,21-23H,14-16,29-30H2,1-4H3,(H,31,33)(H,32,34)(H,36,37)/t21-,22-,23-/m0/s1. The van der Waals surface area contributed by atoms with E-state index >= 15 is 0 Å². The zero-order valence-electron chi connectivity index (χ0n) is 22.3. The molecule has 7 N–H and O–H groups in total. The number of nitrogens with two attached hydrogens (primary N) is 2. The highest BCUT2D eigenvalue weighted by atomic mass is 16.5. The molecule has 2 amide bonds. The van der Waals surface area contributed by atoms with Crippen molar-refractivity contribution in [1.82, 2.24) is 10.6 Å². The smallest absolute Gasteiger partial charge is 0.334 e. The number of amides is 2. The monoisotopic (exact) mass is 526 g/mol. The topological polar surface area (TPSA) is 174 Å². The lowest BCUT2D eigenvalue weighted by Gasteiger charge is -2.23. The van der Waals surface area contributed by atoms with Crippen molar-refractivity contribution in [3.05, 3.63) is 65.7 Å². The summed E-state index contributed by atoms with van der Waals surface area (Å²) in [4.78, 5) is 49.1. The third kappa shape index (κ3) is 9.60. The van der Waals surface area contributed by atoms with Crippen molar-refractivity contribution in [3.63, 3.8) is 0 Å². The Morgan fingerprint density at radius 2 is 1.39 bits per heavy atom. The highest BCUT2D eigenvalue weighted by molar-refractivity contribution is 5.89. The van der Waals surface area contributed by atoms with E-state index in [9.17, 15) is 19.2 Å². The van der Waals surface area contributed by atoms with Crippen LogP contribution in [0.25, 0.3) is 0 Å². The summed E-state index contributed by atoms with van der Waals surface area (Å²) < 4.78 is 5.51. The van der Waals surface area contributed by atoms with Gasteiger partial charge in [0.1, 0.15) is 17.3 Å². The molecule has 0 aliphatic carbocycles. The molecule has 0 spiro atoms. The van der Waals surface area contributed by atoms with Gasteiger partial charge in [0.05, 0.1) is 12.1 Å². The normalized spacial score (nSPS) is 13.8. The quantitative estimate of drug-likeness (QED) is 0.193. The van der Waals surface area contributed by atoms with Crippen molar-refractivity contribution in [2.24, 2.45) is 17.4 Å². The van der Waals surface area contributed by atoms with E-state index in [0.717, 1.165) is 5.56 Å². The van der Waals surface area contributed by atoms with Crippen molar-refractivity contribution in [2.45, 2.75) is 70.6 Å². The van der Waals surface area contributed by atoms with E-state index in [1.807, 2.05) is 44.2 Å². The Kier molecular flexibility index (Phi) is 11.0. The van der Waals surface area contributed by atoms with E-state index in [1.165, 1.54) is 13.8 Å². The van der Waals surface area contributed by atoms with Gasteiger partial charge in [-0.25, -0.2) is 9.59 Å². The fraction of sp³-hybridized carbons (Fsp3) is 0.429. The number of ether oxygens (including phenoxy) is 1. The highest BCUT2D eigenvalue weighted by Gasteiger charge is 2.31. The molecule has 0 unspecified atom stereocenters. The summed E-state index contributed by atoms with van der Waals surface area (Å²) in [6.45, 7) is 6.61. The average molecular weight is 527 g/mol. The molecule has 0 saturated carbocycles. The van der Waals surface area contributed by atoms with Gasteiger partial charge in [0.2, 0.25) is 11.8 Å². The van der Waals surface area contributed by atoms with Gasteiger partial charge in [-0.2, -0.15) is 0 Å². The highest BCUT2D eigenvalue weighted by Crippen LogP contribution is 2.16. The maximum atomic E-state index is 12.9. The Bertz CT molecular complexity index is 1100. The molecule has 0 bridgehead atoms. The van der Waals surface area contributed by atoms with Gasteiger partial charge >= 0.3 is 11.9 Å². The van der Waals surface area contributed by atoms with E-state index in [4.69, 9.17) is 21.3 Å². The van der Waals surface area contributed by atoms with Gasteiger partial charge in [-0.15, -0.1) is 0 Å². The minimum Gasteiger partial charge on any atom is -0.480 e. The summed E-state index contributed by atoms with van der Waals surface area (Å²) >= 11 is 0. The van der Waals surface area contributed by atoms with Crippen LogP contribution in [-0.4, -0.2) is 52.5 Å². The Morgan fingerprint density at radius 3 is 1.92 bits per heavy atom. The van der Waals surface area contributed by atoms with Crippen LogP contribution < -0.4 is 26.8 Å². The third-order valence-electron chi connectivity index (χ3n) is 5.85. The number of rotatable bonds is 13. The van der Waals surface area contributed by atoms with E-state index in [1.54, 1.807) is 24.3 Å². The molecule has 10 heteroatoms. The number of hydrogen-bond donors (Lipinski definition) is 5. The molecule has 10 nitrogen and oxygen atoms in total. The van der Waals surface area contributed by atoms with E-state index in [2.05, 4.69) is 10.6 Å². The van der Waals surface area contributed by atoms with Crippen LogP contribution >= 0.6 is 0 Å². The maximum Gasteiger partial charge on any atom is 0.334 e. The van der Waals surface area contributed by atoms with Crippen molar-refractivity contribution in [1.29, 1.82) is 0 Å². The lowest BCUT2D eigenvalue weighted by Crippen LogP contribution is -2.55. The summed E-state index contributed by atoms with van der Waals surface area (Å²) in [5, 5.41) is 14.3. The van der Waals surface area contributed by atoms with Crippen LogP contribution in [0, 0.1) is 5.92 Å². The molecule has 0 saturated heterocycles. The summed E-state index contributed by atoms with van der Waals surface area (Å²) in [6.07, 6.45) is 0.865. The van der Waals surface area contributed by atoms with E-state index in [0.29, 0.717) is 18.4 Å². The summed E-state index contributed by atoms with van der Waals surface area (Å²) in [6, 6.07) is 13.2. The molecule has 0 heterocycles. The molecule has 0 fully saturated rings. The first-order valence-electron chi connectivity index (χ1n) is 12.5. The van der Waals surface area contributed by atoms with Crippen LogP contribution in [-0.2, 0) is 32.0 Å².